The van der Waals surface area contributed by atoms with Gasteiger partial charge in [-0.2, -0.15) is 0 Å². The molecule has 84 valence electrons. The quantitative estimate of drug-likeness (QED) is 0.581. The van der Waals surface area contributed by atoms with Gasteiger partial charge in [-0.15, -0.1) is 0 Å². The van der Waals surface area contributed by atoms with Gasteiger partial charge in [0.05, 0.1) is 0 Å². The van der Waals surface area contributed by atoms with Crippen molar-refractivity contribution in [2.45, 2.75) is 26.2 Å². The molecule has 0 saturated carbocycles. The molecule has 0 unspecified atom stereocenters. The van der Waals surface area contributed by atoms with Gasteiger partial charge in [-0.05, 0) is 42.6 Å². The van der Waals surface area contributed by atoms with Crippen LogP contribution in [0.5, 0.6) is 0 Å². The maximum atomic E-state index is 13.8. The van der Waals surface area contributed by atoms with Crippen LogP contribution in [0.4, 0.5) is 8.22 Å². The molecule has 0 atom stereocenters. The van der Waals surface area contributed by atoms with Gasteiger partial charge in [0.15, 0.2) is 0 Å². The van der Waals surface area contributed by atoms with Crippen LogP contribution in [0.1, 0.15) is 0 Å². The molecular formula is C10H15BrF2Si2. The van der Waals surface area contributed by atoms with Crippen molar-refractivity contribution in [1.82, 2.24) is 0 Å². The predicted molar refractivity (Wildman–Crippen MR) is 70.6 cm³/mol. The highest BCUT2D eigenvalue weighted by Crippen LogP contribution is 2.15. The van der Waals surface area contributed by atoms with Gasteiger partial charge >= 0.3 is 0 Å². The minimum atomic E-state index is -2.81. The molecule has 15 heavy (non-hydrogen) atoms. The molecule has 0 aliphatic heterocycles. The molecule has 0 spiro atoms. The van der Waals surface area contributed by atoms with Crippen LogP contribution in [0.15, 0.2) is 22.7 Å². The monoisotopic (exact) mass is 308 g/mol. The lowest BCUT2D eigenvalue weighted by molar-refractivity contribution is 0.818. The van der Waals surface area contributed by atoms with Gasteiger partial charge in [0.2, 0.25) is 0 Å². The SMILES string of the molecule is C[Si](C)(F)c1ccc([Si](C)(C)F)c(Br)c1. The highest BCUT2D eigenvalue weighted by Gasteiger charge is 2.29. The lowest BCUT2D eigenvalue weighted by atomic mass is 10.4. The molecule has 0 heterocycles. The van der Waals surface area contributed by atoms with Crippen molar-refractivity contribution in [3.05, 3.63) is 22.7 Å². The molecule has 5 heteroatoms. The van der Waals surface area contributed by atoms with Crippen LogP contribution in [-0.4, -0.2) is 16.8 Å². The summed E-state index contributed by atoms with van der Waals surface area (Å²) in [7, 11) is -5.60. The zero-order chi connectivity index (χ0) is 11.9. The van der Waals surface area contributed by atoms with Crippen LogP contribution in [0, 0.1) is 0 Å². The van der Waals surface area contributed by atoms with Gasteiger partial charge < -0.3 is 8.22 Å². The largest absolute Gasteiger partial charge is 0.308 e. The van der Waals surface area contributed by atoms with Gasteiger partial charge in [-0.3, -0.25) is 0 Å². The van der Waals surface area contributed by atoms with Crippen LogP contribution in [0.2, 0.25) is 26.2 Å². The van der Waals surface area contributed by atoms with Crippen molar-refractivity contribution in [2.24, 2.45) is 0 Å². The van der Waals surface area contributed by atoms with Crippen molar-refractivity contribution in [3.8, 4) is 0 Å². The second-order valence-corrected chi connectivity index (χ2v) is 12.5. The highest BCUT2D eigenvalue weighted by atomic mass is 79.9. The summed E-state index contributed by atoms with van der Waals surface area (Å²) in [4.78, 5) is 0. The van der Waals surface area contributed by atoms with Crippen LogP contribution in [0.25, 0.3) is 0 Å². The van der Waals surface area contributed by atoms with Crippen molar-refractivity contribution < 1.29 is 8.22 Å². The Morgan fingerprint density at radius 2 is 1.53 bits per heavy atom. The third kappa shape index (κ3) is 3.22. The molecule has 0 N–H and O–H groups in total. The molecule has 0 bridgehead atoms. The lowest BCUT2D eigenvalue weighted by Crippen LogP contribution is -2.42. The topological polar surface area (TPSA) is 0 Å². The van der Waals surface area contributed by atoms with Gasteiger partial charge in [0.25, 0.3) is 16.8 Å². The third-order valence-corrected chi connectivity index (χ3v) is 6.72. The van der Waals surface area contributed by atoms with Gasteiger partial charge in [-0.25, -0.2) is 0 Å². The third-order valence-electron chi connectivity index (χ3n) is 2.30. The van der Waals surface area contributed by atoms with E-state index in [0.29, 0.717) is 14.8 Å². The zero-order valence-corrected chi connectivity index (χ0v) is 13.0. The Morgan fingerprint density at radius 1 is 1.00 bits per heavy atom. The maximum absolute atomic E-state index is 13.8. The number of hydrogen-bond donors (Lipinski definition) is 0. The summed E-state index contributed by atoms with van der Waals surface area (Å²) in [5, 5.41) is 1.40. The summed E-state index contributed by atoms with van der Waals surface area (Å²) in [5.74, 6) is 0. The molecule has 1 aromatic rings. The molecule has 0 aliphatic carbocycles. The van der Waals surface area contributed by atoms with E-state index in [1.54, 1.807) is 44.4 Å². The molecular weight excluding hydrogens is 294 g/mol. The summed E-state index contributed by atoms with van der Waals surface area (Å²) >= 11 is 3.33. The summed E-state index contributed by atoms with van der Waals surface area (Å²) in [5.41, 5.74) is 0. The van der Waals surface area contributed by atoms with Crippen LogP contribution < -0.4 is 10.4 Å². The van der Waals surface area contributed by atoms with E-state index in [-0.39, 0.29) is 0 Å². The Labute approximate surface area is 100 Å². The molecule has 0 radical (unpaired) electrons. The standard InChI is InChI=1S/C10H15BrF2Si2/c1-14(2,12)8-5-6-10(9(11)7-8)15(3,4)13/h5-7H,1-4H3. The molecule has 1 rings (SSSR count). The smallest absolute Gasteiger partial charge is 0.272 e. The molecule has 0 aliphatic rings. The van der Waals surface area contributed by atoms with Crippen molar-refractivity contribution in [2.75, 3.05) is 0 Å². The summed E-state index contributed by atoms with van der Waals surface area (Å²) in [6, 6.07) is 5.18. The lowest BCUT2D eigenvalue weighted by Gasteiger charge is -2.17. The predicted octanol–water partition coefficient (Wildman–Crippen LogP) is 3.21. The zero-order valence-electron chi connectivity index (χ0n) is 9.37. The van der Waals surface area contributed by atoms with Gasteiger partial charge in [0, 0.05) is 4.47 Å². The average molecular weight is 309 g/mol. The maximum Gasteiger partial charge on any atom is 0.272 e. The first-order valence-electron chi connectivity index (χ1n) is 4.80. The first-order valence-corrected chi connectivity index (χ1v) is 11.4. The Morgan fingerprint density at radius 3 is 1.87 bits per heavy atom. The van der Waals surface area contributed by atoms with E-state index in [1.807, 2.05) is 0 Å². The van der Waals surface area contributed by atoms with E-state index in [9.17, 15) is 8.22 Å². The first kappa shape index (κ1) is 13.1. The average Bonchev–Trinajstić information content (AvgIpc) is 1.99. The number of benzene rings is 1. The molecule has 0 nitrogen and oxygen atoms in total. The Kier molecular flexibility index (Phi) is 3.57. The fraction of sp³-hybridized carbons (Fsp3) is 0.400. The molecule has 0 amide bonds. The van der Waals surface area contributed by atoms with E-state index < -0.39 is 16.8 Å². The first-order chi connectivity index (χ1) is 6.62. The molecule has 0 fully saturated rings. The normalized spacial score (nSPS) is 13.0. The fourth-order valence-electron chi connectivity index (χ4n) is 1.37. The van der Waals surface area contributed by atoms with Gasteiger partial charge in [-0.1, -0.05) is 28.1 Å². The van der Waals surface area contributed by atoms with Crippen LogP contribution >= 0.6 is 15.9 Å². The number of hydrogen-bond acceptors (Lipinski definition) is 0. The Balaban J connectivity index is 3.21. The van der Waals surface area contributed by atoms with Gasteiger partial charge in [0.1, 0.15) is 0 Å². The van der Waals surface area contributed by atoms with E-state index >= 15 is 0 Å². The summed E-state index contributed by atoms with van der Waals surface area (Å²) < 4.78 is 28.3. The molecule has 0 aromatic heterocycles. The van der Waals surface area contributed by atoms with E-state index in [1.165, 1.54) is 0 Å². The highest BCUT2D eigenvalue weighted by molar-refractivity contribution is 9.10. The Hall–Kier alpha value is -0.00623. The minimum Gasteiger partial charge on any atom is -0.308 e. The summed E-state index contributed by atoms with van der Waals surface area (Å²) in [6.45, 7) is 6.52. The van der Waals surface area contributed by atoms with Crippen molar-refractivity contribution >= 4 is 43.1 Å². The number of rotatable bonds is 2. The van der Waals surface area contributed by atoms with Crippen LogP contribution in [-0.2, 0) is 0 Å². The van der Waals surface area contributed by atoms with E-state index in [4.69, 9.17) is 0 Å². The van der Waals surface area contributed by atoms with Crippen molar-refractivity contribution in [3.63, 3.8) is 0 Å². The molecule has 1 aromatic carbocycles. The van der Waals surface area contributed by atoms with E-state index in [0.717, 1.165) is 0 Å². The molecule has 0 saturated heterocycles. The Bertz CT molecular complexity index is 367. The fourth-order valence-corrected chi connectivity index (χ4v) is 5.46. The van der Waals surface area contributed by atoms with E-state index in [2.05, 4.69) is 15.9 Å². The van der Waals surface area contributed by atoms with Crippen molar-refractivity contribution in [1.29, 1.82) is 0 Å². The second-order valence-electron chi connectivity index (χ2n) is 4.64. The number of halogens is 3. The second kappa shape index (κ2) is 4.10. The summed E-state index contributed by atoms with van der Waals surface area (Å²) in [6.07, 6.45) is 0. The minimum absolute atomic E-state index is 0.699. The van der Waals surface area contributed by atoms with Crippen LogP contribution in [0.3, 0.4) is 0 Å².